The number of nitrogens with zero attached hydrogens (tertiary/aromatic N) is 3. The molecule has 0 saturated carbocycles. The standard InChI is InChI=1S/C21H12ClN3O/c22-21-24-19(13-7-2-1-3-8-13)23-20(25-21)15-10-6-12-17-18(15)14-9-4-5-11-16(14)26-17/h1-12H/i4D,5D,6D,9D,10D,11D,12D. The van der Waals surface area contributed by atoms with Crippen molar-refractivity contribution in [3.63, 3.8) is 0 Å². The van der Waals surface area contributed by atoms with Gasteiger partial charge in [0.1, 0.15) is 11.2 Å². The molecular formula is C21H12ClN3O. The molecule has 3 aromatic carbocycles. The minimum Gasteiger partial charge on any atom is -0.456 e. The zero-order chi connectivity index (χ0) is 23.6. The van der Waals surface area contributed by atoms with Gasteiger partial charge in [-0.3, -0.25) is 0 Å². The average molecular weight is 365 g/mol. The Labute approximate surface area is 164 Å². The predicted molar refractivity (Wildman–Crippen MR) is 103 cm³/mol. The summed E-state index contributed by atoms with van der Waals surface area (Å²) in [5, 5.41) is -0.141. The fourth-order valence-electron chi connectivity index (χ4n) is 2.71. The van der Waals surface area contributed by atoms with Crippen molar-refractivity contribution in [1.29, 1.82) is 0 Å². The van der Waals surface area contributed by atoms with E-state index in [2.05, 4.69) is 15.0 Å². The van der Waals surface area contributed by atoms with Crippen LogP contribution in [0.15, 0.2) is 77.0 Å². The predicted octanol–water partition coefficient (Wildman–Crippen LogP) is 5.76. The minimum atomic E-state index is -0.494. The van der Waals surface area contributed by atoms with Crippen molar-refractivity contribution in [1.82, 2.24) is 15.0 Å². The first-order chi connectivity index (χ1) is 15.7. The van der Waals surface area contributed by atoms with Crippen LogP contribution in [0.2, 0.25) is 5.28 Å². The van der Waals surface area contributed by atoms with Gasteiger partial charge in [0, 0.05) is 21.9 Å². The SMILES string of the molecule is [2H]c1c([2H])c([2H])c2c(oc3c([2H])c([2H])c([2H])c(-c4nc(Cl)nc(-c5ccccc5)n4)c32)c1[2H]. The quantitative estimate of drug-likeness (QED) is 0.399. The average Bonchev–Trinajstić information content (AvgIpc) is 3.21. The lowest BCUT2D eigenvalue weighted by atomic mass is 10.1. The Bertz CT molecular complexity index is 1610. The van der Waals surface area contributed by atoms with E-state index in [4.69, 9.17) is 25.6 Å². The van der Waals surface area contributed by atoms with Gasteiger partial charge in [-0.15, -0.1) is 0 Å². The number of aromatic nitrogens is 3. The molecule has 4 nitrogen and oxygen atoms in total. The smallest absolute Gasteiger partial charge is 0.226 e. The van der Waals surface area contributed by atoms with Gasteiger partial charge in [0.15, 0.2) is 11.6 Å². The first-order valence-electron chi connectivity index (χ1n) is 11.1. The van der Waals surface area contributed by atoms with E-state index >= 15 is 0 Å². The maximum Gasteiger partial charge on any atom is 0.226 e. The van der Waals surface area contributed by atoms with Gasteiger partial charge >= 0.3 is 0 Å². The van der Waals surface area contributed by atoms with Crippen LogP contribution in [0, 0.1) is 0 Å². The molecule has 0 bridgehead atoms. The summed E-state index contributed by atoms with van der Waals surface area (Å²) in [5.41, 5.74) is 0.259. The zero-order valence-electron chi connectivity index (χ0n) is 20.0. The Hall–Kier alpha value is -3.24. The number of halogens is 1. The van der Waals surface area contributed by atoms with Crippen LogP contribution in [0.5, 0.6) is 0 Å². The fourth-order valence-corrected chi connectivity index (χ4v) is 2.87. The highest BCUT2D eigenvalue weighted by Crippen LogP contribution is 2.35. The maximum absolute atomic E-state index is 8.55. The monoisotopic (exact) mass is 364 g/mol. The molecule has 0 unspecified atom stereocenters. The van der Waals surface area contributed by atoms with Gasteiger partial charge in [-0.2, -0.15) is 9.97 Å². The molecule has 0 fully saturated rings. The van der Waals surface area contributed by atoms with E-state index in [0.29, 0.717) is 5.56 Å². The van der Waals surface area contributed by atoms with Gasteiger partial charge < -0.3 is 4.42 Å². The molecule has 0 atom stereocenters. The van der Waals surface area contributed by atoms with Crippen LogP contribution < -0.4 is 0 Å². The molecule has 2 heterocycles. The van der Waals surface area contributed by atoms with E-state index in [9.17, 15) is 0 Å². The van der Waals surface area contributed by atoms with E-state index in [1.807, 2.05) is 6.07 Å². The van der Waals surface area contributed by atoms with E-state index in [1.54, 1.807) is 24.3 Å². The van der Waals surface area contributed by atoms with Crippen molar-refractivity contribution < 1.29 is 14.0 Å². The third-order valence-electron chi connectivity index (χ3n) is 3.81. The summed E-state index contributed by atoms with van der Waals surface area (Å²) in [6.07, 6.45) is 0. The molecule has 5 heteroatoms. The van der Waals surface area contributed by atoms with Crippen LogP contribution in [0.1, 0.15) is 9.60 Å². The Morgan fingerprint density at radius 1 is 0.808 bits per heavy atom. The number of benzene rings is 3. The molecule has 0 aliphatic rings. The van der Waals surface area contributed by atoms with Crippen molar-refractivity contribution >= 4 is 33.5 Å². The molecule has 0 aliphatic carbocycles. The lowest BCUT2D eigenvalue weighted by Gasteiger charge is -2.06. The Kier molecular flexibility index (Phi) is 2.16. The molecule has 0 aliphatic heterocycles. The first kappa shape index (κ1) is 9.46. The van der Waals surface area contributed by atoms with Crippen LogP contribution in [-0.4, -0.2) is 15.0 Å². The van der Waals surface area contributed by atoms with Crippen molar-refractivity contribution in [3.8, 4) is 22.8 Å². The molecule has 26 heavy (non-hydrogen) atoms. The molecule has 2 aromatic heterocycles. The van der Waals surface area contributed by atoms with Crippen molar-refractivity contribution in [2.45, 2.75) is 0 Å². The van der Waals surface area contributed by atoms with Gasteiger partial charge in [0.2, 0.25) is 5.28 Å². The number of hydrogen-bond donors (Lipinski definition) is 0. The lowest BCUT2D eigenvalue weighted by molar-refractivity contribution is 0.669. The summed E-state index contributed by atoms with van der Waals surface area (Å²) in [6.45, 7) is 0. The van der Waals surface area contributed by atoms with Gasteiger partial charge in [-0.1, -0.05) is 60.5 Å². The normalized spacial score (nSPS) is 15.0. The van der Waals surface area contributed by atoms with Gasteiger partial charge in [0.25, 0.3) is 0 Å². The fraction of sp³-hybridized carbons (Fsp3) is 0. The van der Waals surface area contributed by atoms with Gasteiger partial charge in [0.05, 0.1) is 9.60 Å². The van der Waals surface area contributed by atoms with Gasteiger partial charge in [-0.05, 0) is 23.7 Å². The van der Waals surface area contributed by atoms with Crippen LogP contribution in [0.25, 0.3) is 44.7 Å². The van der Waals surface area contributed by atoms with Crippen molar-refractivity contribution in [2.24, 2.45) is 0 Å². The largest absolute Gasteiger partial charge is 0.456 e. The van der Waals surface area contributed by atoms with Gasteiger partial charge in [-0.25, -0.2) is 4.98 Å². The first-order valence-corrected chi connectivity index (χ1v) is 7.98. The van der Waals surface area contributed by atoms with Crippen LogP contribution >= 0.6 is 11.6 Å². The number of hydrogen-bond acceptors (Lipinski definition) is 4. The zero-order valence-corrected chi connectivity index (χ0v) is 13.8. The highest BCUT2D eigenvalue weighted by Gasteiger charge is 2.16. The van der Waals surface area contributed by atoms with Crippen molar-refractivity contribution in [2.75, 3.05) is 0 Å². The Morgan fingerprint density at radius 3 is 2.46 bits per heavy atom. The summed E-state index contributed by atoms with van der Waals surface area (Å²) in [5.74, 6) is 0.141. The molecule has 124 valence electrons. The number of rotatable bonds is 2. The van der Waals surface area contributed by atoms with E-state index in [1.165, 1.54) is 0 Å². The number of fused-ring (bicyclic) bond motifs is 3. The van der Waals surface area contributed by atoms with E-state index < -0.39 is 42.3 Å². The lowest BCUT2D eigenvalue weighted by Crippen LogP contribution is -1.97. The molecule has 0 N–H and O–H groups in total. The second-order valence-corrected chi connectivity index (χ2v) is 5.72. The third kappa shape index (κ3) is 2.43. The summed E-state index contributed by atoms with van der Waals surface area (Å²) >= 11 is 6.17. The summed E-state index contributed by atoms with van der Waals surface area (Å²) in [4.78, 5) is 12.7. The summed E-state index contributed by atoms with van der Waals surface area (Å²) in [7, 11) is 0. The molecule has 0 amide bonds. The molecule has 5 rings (SSSR count). The topological polar surface area (TPSA) is 51.8 Å². The van der Waals surface area contributed by atoms with Crippen LogP contribution in [0.4, 0.5) is 0 Å². The summed E-state index contributed by atoms with van der Waals surface area (Å²) < 4.78 is 63.3. The maximum atomic E-state index is 8.55. The highest BCUT2D eigenvalue weighted by atomic mass is 35.5. The van der Waals surface area contributed by atoms with Crippen LogP contribution in [0.3, 0.4) is 0 Å². The molecule has 0 spiro atoms. The molecular weight excluding hydrogens is 346 g/mol. The molecule has 0 saturated heterocycles. The highest BCUT2D eigenvalue weighted by molar-refractivity contribution is 6.28. The van der Waals surface area contributed by atoms with E-state index in [-0.39, 0.29) is 44.4 Å². The van der Waals surface area contributed by atoms with E-state index in [0.717, 1.165) is 0 Å². The number of furan rings is 1. The Balaban J connectivity index is 1.97. The molecule has 0 radical (unpaired) electrons. The van der Waals surface area contributed by atoms with Crippen LogP contribution in [-0.2, 0) is 0 Å². The second kappa shape index (κ2) is 5.93. The summed E-state index contributed by atoms with van der Waals surface area (Å²) in [6, 6.07) is 5.83. The van der Waals surface area contributed by atoms with Crippen molar-refractivity contribution in [3.05, 3.63) is 77.9 Å². The minimum absolute atomic E-state index is 0.0224. The molecule has 5 aromatic rings. The third-order valence-corrected chi connectivity index (χ3v) is 3.98. The number of para-hydroxylation sites is 1. The Morgan fingerprint density at radius 2 is 1.58 bits per heavy atom. The second-order valence-electron chi connectivity index (χ2n) is 5.38.